The first kappa shape index (κ1) is 33.8. The molecular formula is C53H32BF3N2. The third kappa shape index (κ3) is 5.29. The van der Waals surface area contributed by atoms with Crippen LogP contribution in [0.4, 0.5) is 47.3 Å². The maximum absolute atomic E-state index is 14.4. The highest BCUT2D eigenvalue weighted by atomic mass is 19.4. The standard InChI is InChI=1S/C53H32BF3N2/c55-53(56,57)43-19-9-18-35(24-43)42-31-50-52-51(32-42)59(45-23-21-34-11-2-4-13-37(34)26-45)49-30-41-17-8-6-15-39(41)28-47(49)54(52)46-27-38-14-5-7-16-40(38)29-48(46)58(50)44-22-20-33-10-1-3-12-36(33)25-44/h1-32H. The number of benzene rings is 10. The van der Waals surface area contributed by atoms with Gasteiger partial charge in [0.2, 0.25) is 0 Å². The Hall–Kier alpha value is -7.31. The first-order valence-corrected chi connectivity index (χ1v) is 19.8. The minimum atomic E-state index is -4.49. The second-order valence-corrected chi connectivity index (χ2v) is 15.7. The fourth-order valence-corrected chi connectivity index (χ4v) is 9.60. The van der Waals surface area contributed by atoms with Gasteiger partial charge in [-0.3, -0.25) is 0 Å². The van der Waals surface area contributed by atoms with Crippen molar-refractivity contribution in [2.45, 2.75) is 6.18 Å². The second-order valence-electron chi connectivity index (χ2n) is 15.7. The van der Waals surface area contributed by atoms with E-state index >= 15 is 0 Å². The molecule has 2 aliphatic heterocycles. The maximum Gasteiger partial charge on any atom is 0.416 e. The highest BCUT2D eigenvalue weighted by Gasteiger charge is 2.44. The molecule has 0 N–H and O–H groups in total. The number of halogens is 3. The molecule has 2 nitrogen and oxygen atoms in total. The average Bonchev–Trinajstić information content (AvgIpc) is 3.27. The molecule has 0 aromatic heterocycles. The Bertz CT molecular complexity index is 3180. The lowest BCUT2D eigenvalue weighted by Crippen LogP contribution is -2.61. The molecule has 0 saturated carbocycles. The quantitative estimate of drug-likeness (QED) is 0.165. The Labute approximate surface area is 339 Å². The molecule has 59 heavy (non-hydrogen) atoms. The van der Waals surface area contributed by atoms with Crippen LogP contribution in [0.15, 0.2) is 194 Å². The summed E-state index contributed by atoms with van der Waals surface area (Å²) in [5.74, 6) is 0. The van der Waals surface area contributed by atoms with Crippen LogP contribution in [-0.2, 0) is 6.18 Å². The highest BCUT2D eigenvalue weighted by Crippen LogP contribution is 2.48. The van der Waals surface area contributed by atoms with Crippen molar-refractivity contribution in [2.75, 3.05) is 9.80 Å². The SMILES string of the molecule is FC(F)(F)c1cccc(-c2cc3c4c(c2)N(c2ccc5ccccc5c2)c2cc5ccccc5cc2B4c2cc4ccccc4cc2N3c2ccc3ccccc3c2)c1. The Morgan fingerprint density at radius 1 is 0.339 bits per heavy atom. The van der Waals surface area contributed by atoms with Crippen molar-refractivity contribution in [1.29, 1.82) is 0 Å². The number of hydrogen-bond donors (Lipinski definition) is 0. The van der Waals surface area contributed by atoms with E-state index in [0.717, 1.165) is 88.7 Å². The number of anilines is 6. The third-order valence-corrected chi connectivity index (χ3v) is 12.3. The van der Waals surface area contributed by atoms with Crippen LogP contribution in [0.25, 0.3) is 54.2 Å². The van der Waals surface area contributed by atoms with E-state index in [1.54, 1.807) is 6.07 Å². The van der Waals surface area contributed by atoms with E-state index in [4.69, 9.17) is 0 Å². The zero-order valence-electron chi connectivity index (χ0n) is 31.6. The molecule has 2 heterocycles. The molecule has 10 aromatic carbocycles. The normalized spacial score (nSPS) is 13.2. The van der Waals surface area contributed by atoms with E-state index in [-0.39, 0.29) is 6.71 Å². The molecular weight excluding hydrogens is 732 g/mol. The van der Waals surface area contributed by atoms with Gasteiger partial charge in [-0.2, -0.15) is 13.2 Å². The minimum Gasteiger partial charge on any atom is -0.311 e. The number of alkyl halides is 3. The van der Waals surface area contributed by atoms with Crippen molar-refractivity contribution >= 4 is 100 Å². The van der Waals surface area contributed by atoms with Gasteiger partial charge in [0.05, 0.1) is 5.56 Å². The van der Waals surface area contributed by atoms with Gasteiger partial charge in [-0.15, -0.1) is 0 Å². The molecule has 0 unspecified atom stereocenters. The van der Waals surface area contributed by atoms with Gasteiger partial charge < -0.3 is 9.80 Å². The Balaban J connectivity index is 1.24. The molecule has 278 valence electrons. The summed E-state index contributed by atoms with van der Waals surface area (Å²) in [5, 5.41) is 8.99. The molecule has 0 aliphatic carbocycles. The first-order chi connectivity index (χ1) is 28.9. The van der Waals surface area contributed by atoms with Crippen molar-refractivity contribution in [2.24, 2.45) is 0 Å². The van der Waals surface area contributed by atoms with E-state index in [1.807, 2.05) is 12.1 Å². The first-order valence-electron chi connectivity index (χ1n) is 19.8. The van der Waals surface area contributed by atoms with Crippen LogP contribution in [-0.4, -0.2) is 6.71 Å². The van der Waals surface area contributed by atoms with Gasteiger partial charge in [0.15, 0.2) is 0 Å². The summed E-state index contributed by atoms with van der Waals surface area (Å²) >= 11 is 0. The molecule has 0 bridgehead atoms. The molecule has 0 radical (unpaired) electrons. The summed E-state index contributed by atoms with van der Waals surface area (Å²) in [5.41, 5.74) is 9.88. The number of hydrogen-bond acceptors (Lipinski definition) is 2. The number of rotatable bonds is 3. The van der Waals surface area contributed by atoms with Gasteiger partial charge in [0.25, 0.3) is 6.71 Å². The van der Waals surface area contributed by atoms with E-state index in [1.165, 1.54) is 23.1 Å². The zero-order chi connectivity index (χ0) is 39.4. The fourth-order valence-electron chi connectivity index (χ4n) is 9.60. The van der Waals surface area contributed by atoms with Crippen LogP contribution < -0.4 is 26.2 Å². The van der Waals surface area contributed by atoms with Crippen LogP contribution in [0.3, 0.4) is 0 Å². The molecule has 0 spiro atoms. The lowest BCUT2D eigenvalue weighted by Gasteiger charge is -2.44. The molecule has 0 amide bonds. The molecule has 10 aromatic rings. The predicted molar refractivity (Wildman–Crippen MR) is 241 cm³/mol. The van der Waals surface area contributed by atoms with Crippen LogP contribution in [0.2, 0.25) is 0 Å². The Kier molecular flexibility index (Phi) is 7.22. The third-order valence-electron chi connectivity index (χ3n) is 12.3. The van der Waals surface area contributed by atoms with Gasteiger partial charge >= 0.3 is 6.18 Å². The minimum absolute atomic E-state index is 0.178. The zero-order valence-corrected chi connectivity index (χ0v) is 31.6. The second kappa shape index (κ2) is 12.6. The molecule has 0 fully saturated rings. The summed E-state index contributed by atoms with van der Waals surface area (Å²) in [7, 11) is 0. The smallest absolute Gasteiger partial charge is 0.311 e. The summed E-state index contributed by atoms with van der Waals surface area (Å²) in [6, 6.07) is 66.0. The van der Waals surface area contributed by atoms with E-state index in [2.05, 4.69) is 168 Å². The largest absolute Gasteiger partial charge is 0.416 e. The van der Waals surface area contributed by atoms with Crippen molar-refractivity contribution in [3.63, 3.8) is 0 Å². The molecule has 12 rings (SSSR count). The Morgan fingerprint density at radius 3 is 1.22 bits per heavy atom. The van der Waals surface area contributed by atoms with Crippen LogP contribution in [0.5, 0.6) is 0 Å². The topological polar surface area (TPSA) is 6.48 Å². The number of nitrogens with zero attached hydrogens (tertiary/aromatic N) is 2. The van der Waals surface area contributed by atoms with E-state index in [9.17, 15) is 13.2 Å². The highest BCUT2D eigenvalue weighted by molar-refractivity contribution is 7.00. The predicted octanol–water partition coefficient (Wildman–Crippen LogP) is 13.1. The fraction of sp³-hybridized carbons (Fsp3) is 0.0189. The lowest BCUT2D eigenvalue weighted by atomic mass is 9.33. The van der Waals surface area contributed by atoms with Gasteiger partial charge in [0.1, 0.15) is 0 Å². The van der Waals surface area contributed by atoms with Crippen molar-refractivity contribution in [3.8, 4) is 11.1 Å². The molecule has 2 aliphatic rings. The van der Waals surface area contributed by atoms with E-state index in [0.29, 0.717) is 11.1 Å². The summed E-state index contributed by atoms with van der Waals surface area (Å²) in [6.45, 7) is -0.178. The van der Waals surface area contributed by atoms with Crippen LogP contribution in [0, 0.1) is 0 Å². The monoisotopic (exact) mass is 764 g/mol. The van der Waals surface area contributed by atoms with Crippen molar-refractivity contribution < 1.29 is 13.2 Å². The van der Waals surface area contributed by atoms with Gasteiger partial charge in [-0.05, 0) is 131 Å². The van der Waals surface area contributed by atoms with Crippen molar-refractivity contribution in [3.05, 3.63) is 200 Å². The van der Waals surface area contributed by atoms with Gasteiger partial charge in [0, 0.05) is 34.1 Å². The average molecular weight is 765 g/mol. The summed E-state index contributed by atoms with van der Waals surface area (Å²) in [6.07, 6.45) is -4.49. The summed E-state index contributed by atoms with van der Waals surface area (Å²) < 4.78 is 43.1. The van der Waals surface area contributed by atoms with Gasteiger partial charge in [-0.1, -0.05) is 133 Å². The van der Waals surface area contributed by atoms with Crippen LogP contribution >= 0.6 is 0 Å². The Morgan fingerprint density at radius 2 is 0.763 bits per heavy atom. The van der Waals surface area contributed by atoms with E-state index < -0.39 is 11.7 Å². The number of fused-ring (bicyclic) bond motifs is 8. The molecule has 0 saturated heterocycles. The van der Waals surface area contributed by atoms with Crippen molar-refractivity contribution in [1.82, 2.24) is 0 Å². The lowest BCUT2D eigenvalue weighted by molar-refractivity contribution is -0.137. The maximum atomic E-state index is 14.4. The van der Waals surface area contributed by atoms with Gasteiger partial charge in [-0.25, -0.2) is 0 Å². The molecule has 6 heteroatoms. The van der Waals surface area contributed by atoms with Crippen LogP contribution in [0.1, 0.15) is 5.56 Å². The summed E-state index contributed by atoms with van der Waals surface area (Å²) in [4.78, 5) is 4.68. The molecule has 0 atom stereocenters.